The summed E-state index contributed by atoms with van der Waals surface area (Å²) in [5, 5.41) is 0. The van der Waals surface area contributed by atoms with Crippen molar-refractivity contribution in [2.45, 2.75) is 6.10 Å². The summed E-state index contributed by atoms with van der Waals surface area (Å²) in [7, 11) is 0. The van der Waals surface area contributed by atoms with Gasteiger partial charge in [0.05, 0.1) is 5.56 Å². The maximum Gasteiger partial charge on any atom is 0.339 e. The zero-order valence-electron chi connectivity index (χ0n) is 14.4. The average molecular weight is 359 g/mol. The van der Waals surface area contributed by atoms with Crippen molar-refractivity contribution in [3.63, 3.8) is 0 Å². The highest BCUT2D eigenvalue weighted by atomic mass is 16.5. The topological polar surface area (TPSA) is 78.6 Å². The van der Waals surface area contributed by atoms with Crippen LogP contribution in [-0.2, 0) is 9.53 Å². The van der Waals surface area contributed by atoms with Gasteiger partial charge in [-0.05, 0) is 35.4 Å². The highest BCUT2D eigenvalue weighted by molar-refractivity contribution is 5.91. The van der Waals surface area contributed by atoms with Gasteiger partial charge in [-0.3, -0.25) is 4.79 Å². The summed E-state index contributed by atoms with van der Waals surface area (Å²) in [6.07, 6.45) is -0.435. The van der Waals surface area contributed by atoms with Crippen LogP contribution in [0.25, 0.3) is 11.1 Å². The molecule has 0 spiro atoms. The van der Waals surface area contributed by atoms with E-state index in [9.17, 15) is 9.59 Å². The minimum atomic E-state index is -0.558. The van der Waals surface area contributed by atoms with Gasteiger partial charge in [0.1, 0.15) is 5.75 Å². The summed E-state index contributed by atoms with van der Waals surface area (Å²) >= 11 is 0. The number of benzene rings is 3. The molecule has 0 aliphatic heterocycles. The van der Waals surface area contributed by atoms with Crippen LogP contribution in [0.3, 0.4) is 0 Å². The van der Waals surface area contributed by atoms with Crippen LogP contribution in [-0.4, -0.2) is 18.5 Å². The lowest BCUT2D eigenvalue weighted by Gasteiger charge is -2.15. The molecule has 0 saturated heterocycles. The number of fused-ring (bicyclic) bond motifs is 3. The Morgan fingerprint density at radius 2 is 1.37 bits per heavy atom. The molecule has 3 aromatic carbocycles. The first-order valence-corrected chi connectivity index (χ1v) is 8.54. The van der Waals surface area contributed by atoms with Crippen LogP contribution in [0.5, 0.6) is 5.75 Å². The van der Waals surface area contributed by atoms with Crippen LogP contribution in [0.15, 0.2) is 72.8 Å². The van der Waals surface area contributed by atoms with Crippen LogP contribution in [0.2, 0.25) is 0 Å². The molecule has 5 nitrogen and oxygen atoms in total. The van der Waals surface area contributed by atoms with Crippen LogP contribution < -0.4 is 10.5 Å². The number of amides is 1. The number of primary amides is 1. The summed E-state index contributed by atoms with van der Waals surface area (Å²) in [5.74, 6) is -0.521. The van der Waals surface area contributed by atoms with E-state index in [1.807, 2.05) is 48.5 Å². The molecule has 4 rings (SSSR count). The quantitative estimate of drug-likeness (QED) is 0.708. The lowest BCUT2D eigenvalue weighted by Crippen LogP contribution is -2.20. The molecule has 1 aliphatic rings. The summed E-state index contributed by atoms with van der Waals surface area (Å²) in [6.45, 7) is -0.209. The van der Waals surface area contributed by atoms with Crippen LogP contribution >= 0.6 is 0 Å². The second-order valence-corrected chi connectivity index (χ2v) is 6.24. The smallest absolute Gasteiger partial charge is 0.339 e. The van der Waals surface area contributed by atoms with Gasteiger partial charge >= 0.3 is 5.97 Å². The molecule has 3 aromatic rings. The van der Waals surface area contributed by atoms with Crippen molar-refractivity contribution in [1.29, 1.82) is 0 Å². The maximum atomic E-state index is 12.7. The molecule has 5 heteroatoms. The number of ether oxygens (including phenoxy) is 2. The predicted octanol–water partition coefficient (Wildman–Crippen LogP) is 3.48. The fourth-order valence-corrected chi connectivity index (χ4v) is 3.25. The van der Waals surface area contributed by atoms with Crippen molar-refractivity contribution >= 4 is 11.9 Å². The number of carbonyl (C=O) groups is 2. The predicted molar refractivity (Wildman–Crippen MR) is 100 cm³/mol. The van der Waals surface area contributed by atoms with E-state index in [4.69, 9.17) is 15.2 Å². The maximum absolute atomic E-state index is 12.7. The second-order valence-electron chi connectivity index (χ2n) is 6.24. The Balaban J connectivity index is 1.55. The zero-order chi connectivity index (χ0) is 18.8. The molecular formula is C22H17NO4. The molecule has 27 heavy (non-hydrogen) atoms. The van der Waals surface area contributed by atoms with Gasteiger partial charge in [0.15, 0.2) is 12.7 Å². The summed E-state index contributed by atoms with van der Waals surface area (Å²) < 4.78 is 11.0. The fourth-order valence-electron chi connectivity index (χ4n) is 3.25. The van der Waals surface area contributed by atoms with Gasteiger partial charge in [-0.2, -0.15) is 0 Å². The normalized spacial score (nSPS) is 12.1. The van der Waals surface area contributed by atoms with E-state index in [0.29, 0.717) is 11.3 Å². The Bertz CT molecular complexity index is 965. The number of hydrogen-bond acceptors (Lipinski definition) is 4. The molecule has 134 valence electrons. The van der Waals surface area contributed by atoms with Crippen LogP contribution in [0.4, 0.5) is 0 Å². The van der Waals surface area contributed by atoms with Gasteiger partial charge in [-0.15, -0.1) is 0 Å². The Hall–Kier alpha value is -3.60. The third kappa shape index (κ3) is 3.27. The van der Waals surface area contributed by atoms with E-state index in [0.717, 1.165) is 22.3 Å². The molecule has 1 aliphatic carbocycles. The molecule has 0 bridgehead atoms. The molecule has 0 atom stereocenters. The number of nitrogens with two attached hydrogens (primary N) is 1. The Kier molecular flexibility index (Phi) is 4.34. The average Bonchev–Trinajstić information content (AvgIpc) is 3.01. The first-order valence-electron chi connectivity index (χ1n) is 8.54. The standard InChI is InChI=1S/C22H17NO4/c23-20(24)13-26-15-11-9-14(10-12-15)22(25)27-21-18-7-3-1-5-16(18)17-6-2-4-8-19(17)21/h1-12,21H,13H2,(H2,23,24). The van der Waals surface area contributed by atoms with Gasteiger partial charge in [0.2, 0.25) is 0 Å². The van der Waals surface area contributed by atoms with E-state index in [1.165, 1.54) is 0 Å². The SMILES string of the molecule is NC(=O)COc1ccc(C(=O)OC2c3ccccc3-c3ccccc32)cc1. The van der Waals surface area contributed by atoms with E-state index < -0.39 is 18.0 Å². The Labute approximate surface area is 156 Å². The van der Waals surface area contributed by atoms with Gasteiger partial charge in [0, 0.05) is 11.1 Å². The lowest BCUT2D eigenvalue weighted by molar-refractivity contribution is -0.119. The highest BCUT2D eigenvalue weighted by Gasteiger charge is 2.31. The van der Waals surface area contributed by atoms with Crippen LogP contribution in [0.1, 0.15) is 27.6 Å². The highest BCUT2D eigenvalue weighted by Crippen LogP contribution is 2.45. The molecule has 2 N–H and O–H groups in total. The molecule has 0 saturated carbocycles. The van der Waals surface area contributed by atoms with Crippen molar-refractivity contribution < 1.29 is 19.1 Å². The Morgan fingerprint density at radius 1 is 0.815 bits per heavy atom. The van der Waals surface area contributed by atoms with Gasteiger partial charge < -0.3 is 15.2 Å². The van der Waals surface area contributed by atoms with Crippen molar-refractivity contribution in [2.75, 3.05) is 6.61 Å². The molecule has 0 aromatic heterocycles. The van der Waals surface area contributed by atoms with Crippen molar-refractivity contribution in [3.8, 4) is 16.9 Å². The minimum Gasteiger partial charge on any atom is -0.484 e. The van der Waals surface area contributed by atoms with Crippen LogP contribution in [0, 0.1) is 0 Å². The van der Waals surface area contributed by atoms with Crippen molar-refractivity contribution in [2.24, 2.45) is 5.73 Å². The largest absolute Gasteiger partial charge is 0.484 e. The fraction of sp³-hybridized carbons (Fsp3) is 0.0909. The number of esters is 1. The van der Waals surface area contributed by atoms with E-state index in [1.54, 1.807) is 24.3 Å². The third-order valence-corrected chi connectivity index (χ3v) is 4.47. The molecule has 0 radical (unpaired) electrons. The first kappa shape index (κ1) is 16.8. The van der Waals surface area contributed by atoms with E-state index in [-0.39, 0.29) is 6.61 Å². The first-order chi connectivity index (χ1) is 13.1. The molecular weight excluding hydrogens is 342 g/mol. The third-order valence-electron chi connectivity index (χ3n) is 4.47. The summed E-state index contributed by atoms with van der Waals surface area (Å²) in [5.41, 5.74) is 9.58. The summed E-state index contributed by atoms with van der Waals surface area (Å²) in [4.78, 5) is 23.4. The molecule has 0 heterocycles. The van der Waals surface area contributed by atoms with E-state index >= 15 is 0 Å². The number of carbonyl (C=O) groups excluding carboxylic acids is 2. The molecule has 0 fully saturated rings. The van der Waals surface area contributed by atoms with E-state index in [2.05, 4.69) is 0 Å². The second kappa shape index (κ2) is 6.96. The van der Waals surface area contributed by atoms with Crippen molar-refractivity contribution in [1.82, 2.24) is 0 Å². The minimum absolute atomic E-state index is 0.209. The molecule has 0 unspecified atom stereocenters. The monoisotopic (exact) mass is 359 g/mol. The Morgan fingerprint density at radius 3 is 1.93 bits per heavy atom. The van der Waals surface area contributed by atoms with Crippen molar-refractivity contribution in [3.05, 3.63) is 89.5 Å². The number of rotatable bonds is 5. The van der Waals surface area contributed by atoms with Gasteiger partial charge in [-0.1, -0.05) is 48.5 Å². The van der Waals surface area contributed by atoms with Gasteiger partial charge in [0.25, 0.3) is 5.91 Å². The zero-order valence-corrected chi connectivity index (χ0v) is 14.4. The molecule has 1 amide bonds. The van der Waals surface area contributed by atoms with Gasteiger partial charge in [-0.25, -0.2) is 4.79 Å². The number of hydrogen-bond donors (Lipinski definition) is 1. The summed E-state index contributed by atoms with van der Waals surface area (Å²) in [6, 6.07) is 22.3. The lowest BCUT2D eigenvalue weighted by atomic mass is 10.1.